The van der Waals surface area contributed by atoms with Gasteiger partial charge in [-0.1, -0.05) is 27.7 Å². The van der Waals surface area contributed by atoms with Crippen LogP contribution in [0.1, 0.15) is 34.1 Å². The summed E-state index contributed by atoms with van der Waals surface area (Å²) in [7, 11) is 3.95. The Hall–Kier alpha value is -0.120. The van der Waals surface area contributed by atoms with E-state index in [2.05, 4.69) is 45.0 Å². The van der Waals surface area contributed by atoms with Crippen LogP contribution >= 0.6 is 0 Å². The summed E-state index contributed by atoms with van der Waals surface area (Å²) in [6.07, 6.45) is 1.11. The van der Waals surface area contributed by atoms with Crippen LogP contribution in [0.3, 0.4) is 0 Å². The van der Waals surface area contributed by atoms with Crippen molar-refractivity contribution in [2.45, 2.75) is 40.2 Å². The molecule has 0 fully saturated rings. The molecular weight excluding hydrogens is 200 g/mol. The van der Waals surface area contributed by atoms with Gasteiger partial charge in [-0.15, -0.1) is 0 Å². The molecule has 3 nitrogen and oxygen atoms in total. The third kappa shape index (κ3) is 7.20. The smallest absolute Gasteiger partial charge is 0.0474 e. The summed E-state index contributed by atoms with van der Waals surface area (Å²) in [4.78, 5) is 2.39. The average Bonchev–Trinajstić information content (AvgIpc) is 2.16. The van der Waals surface area contributed by atoms with E-state index < -0.39 is 0 Å². The van der Waals surface area contributed by atoms with Crippen molar-refractivity contribution in [3.63, 3.8) is 0 Å². The highest BCUT2D eigenvalue weighted by molar-refractivity contribution is 4.82. The maximum atomic E-state index is 5.07. The van der Waals surface area contributed by atoms with Crippen molar-refractivity contribution in [1.29, 1.82) is 0 Å². The van der Waals surface area contributed by atoms with Gasteiger partial charge in [0.05, 0.1) is 0 Å². The van der Waals surface area contributed by atoms with Crippen molar-refractivity contribution in [2.75, 3.05) is 40.4 Å². The molecule has 1 atom stereocenters. The van der Waals surface area contributed by atoms with E-state index in [1.165, 1.54) is 0 Å². The van der Waals surface area contributed by atoms with E-state index in [9.17, 15) is 0 Å². The van der Waals surface area contributed by atoms with E-state index >= 15 is 0 Å². The van der Waals surface area contributed by atoms with Gasteiger partial charge in [0.25, 0.3) is 0 Å². The highest BCUT2D eigenvalue weighted by atomic mass is 16.5. The topological polar surface area (TPSA) is 24.5 Å². The molecule has 0 amide bonds. The molecule has 0 radical (unpaired) electrons. The van der Waals surface area contributed by atoms with E-state index in [0.29, 0.717) is 11.5 Å². The quantitative estimate of drug-likeness (QED) is 0.645. The Morgan fingerprint density at radius 3 is 2.38 bits per heavy atom. The number of ether oxygens (including phenoxy) is 1. The number of methoxy groups -OCH3 is 1. The normalized spacial score (nSPS) is 14.4. The molecule has 0 saturated carbocycles. The SMILES string of the molecule is CCNC(CN(C)CCCOC)C(C)(C)C. The molecule has 1 N–H and O–H groups in total. The molecule has 0 heterocycles. The van der Waals surface area contributed by atoms with Crippen LogP contribution in [0, 0.1) is 5.41 Å². The molecule has 0 aromatic rings. The number of hydrogen-bond acceptors (Lipinski definition) is 3. The van der Waals surface area contributed by atoms with Gasteiger partial charge >= 0.3 is 0 Å². The Labute approximate surface area is 102 Å². The predicted molar refractivity (Wildman–Crippen MR) is 70.9 cm³/mol. The Morgan fingerprint density at radius 1 is 1.31 bits per heavy atom. The molecule has 98 valence electrons. The van der Waals surface area contributed by atoms with Crippen molar-refractivity contribution >= 4 is 0 Å². The van der Waals surface area contributed by atoms with Gasteiger partial charge < -0.3 is 15.0 Å². The van der Waals surface area contributed by atoms with Crippen molar-refractivity contribution < 1.29 is 4.74 Å². The van der Waals surface area contributed by atoms with E-state index in [0.717, 1.165) is 32.7 Å². The van der Waals surface area contributed by atoms with Crippen molar-refractivity contribution in [1.82, 2.24) is 10.2 Å². The molecule has 0 aliphatic carbocycles. The van der Waals surface area contributed by atoms with Crippen LogP contribution in [-0.2, 0) is 4.74 Å². The molecule has 16 heavy (non-hydrogen) atoms. The van der Waals surface area contributed by atoms with Gasteiger partial charge in [0.2, 0.25) is 0 Å². The molecular formula is C13H30N2O. The summed E-state index contributed by atoms with van der Waals surface area (Å²) in [5, 5.41) is 3.57. The molecule has 0 aromatic carbocycles. The highest BCUT2D eigenvalue weighted by Gasteiger charge is 2.24. The molecule has 3 heteroatoms. The second kappa shape index (κ2) is 8.04. The van der Waals surface area contributed by atoms with Crippen LogP contribution in [-0.4, -0.2) is 51.3 Å². The van der Waals surface area contributed by atoms with Crippen LogP contribution in [0.2, 0.25) is 0 Å². The zero-order valence-corrected chi connectivity index (χ0v) is 12.0. The minimum absolute atomic E-state index is 0.311. The van der Waals surface area contributed by atoms with Crippen LogP contribution < -0.4 is 5.32 Å². The summed E-state index contributed by atoms with van der Waals surface area (Å²) in [6.45, 7) is 13.1. The average molecular weight is 230 g/mol. The zero-order chi connectivity index (χ0) is 12.6. The van der Waals surface area contributed by atoms with Crippen LogP contribution in [0.5, 0.6) is 0 Å². The van der Waals surface area contributed by atoms with Crippen LogP contribution in [0.25, 0.3) is 0 Å². The number of hydrogen-bond donors (Lipinski definition) is 1. The molecule has 0 aliphatic rings. The fourth-order valence-electron chi connectivity index (χ4n) is 1.77. The van der Waals surface area contributed by atoms with E-state index in [-0.39, 0.29) is 0 Å². The van der Waals surface area contributed by atoms with Crippen molar-refractivity contribution in [2.24, 2.45) is 5.41 Å². The van der Waals surface area contributed by atoms with Gasteiger partial charge in [0.15, 0.2) is 0 Å². The minimum Gasteiger partial charge on any atom is -0.385 e. The number of nitrogens with one attached hydrogen (secondary N) is 1. The van der Waals surface area contributed by atoms with Crippen LogP contribution in [0.4, 0.5) is 0 Å². The van der Waals surface area contributed by atoms with E-state index in [1.807, 2.05) is 0 Å². The first kappa shape index (κ1) is 15.9. The summed E-state index contributed by atoms with van der Waals surface area (Å²) in [5.41, 5.74) is 0.311. The summed E-state index contributed by atoms with van der Waals surface area (Å²) in [6, 6.07) is 0.546. The maximum Gasteiger partial charge on any atom is 0.0474 e. The van der Waals surface area contributed by atoms with Crippen LogP contribution in [0.15, 0.2) is 0 Å². The van der Waals surface area contributed by atoms with Gasteiger partial charge in [-0.2, -0.15) is 0 Å². The number of rotatable bonds is 8. The molecule has 0 aliphatic heterocycles. The summed E-state index contributed by atoms with van der Waals surface area (Å²) < 4.78 is 5.07. The van der Waals surface area contributed by atoms with Gasteiger partial charge in [-0.3, -0.25) is 0 Å². The van der Waals surface area contributed by atoms with Crippen molar-refractivity contribution in [3.8, 4) is 0 Å². The molecule has 0 rings (SSSR count). The standard InChI is InChI=1S/C13H30N2O/c1-7-14-12(13(2,3)4)11-15(5)9-8-10-16-6/h12,14H,7-11H2,1-6H3. The van der Waals surface area contributed by atoms with Crippen molar-refractivity contribution in [3.05, 3.63) is 0 Å². The lowest BCUT2D eigenvalue weighted by atomic mass is 9.86. The number of likely N-dealkylation sites (N-methyl/N-ethyl adjacent to an activating group) is 2. The lowest BCUT2D eigenvalue weighted by Gasteiger charge is -2.34. The Morgan fingerprint density at radius 2 is 1.94 bits per heavy atom. The van der Waals surface area contributed by atoms with Gasteiger partial charge in [0, 0.05) is 32.8 Å². The lowest BCUT2D eigenvalue weighted by molar-refractivity contribution is 0.161. The Kier molecular flexibility index (Phi) is 7.98. The maximum absolute atomic E-state index is 5.07. The molecule has 1 unspecified atom stereocenters. The van der Waals surface area contributed by atoms with Gasteiger partial charge in [0.1, 0.15) is 0 Å². The fourth-order valence-corrected chi connectivity index (χ4v) is 1.77. The summed E-state index contributed by atoms with van der Waals surface area (Å²) >= 11 is 0. The molecule has 0 bridgehead atoms. The second-order valence-electron chi connectivity index (χ2n) is 5.58. The first-order chi connectivity index (χ1) is 7.41. The van der Waals surface area contributed by atoms with E-state index in [4.69, 9.17) is 4.74 Å². The predicted octanol–water partition coefficient (Wildman–Crippen LogP) is 1.98. The highest BCUT2D eigenvalue weighted by Crippen LogP contribution is 2.19. The Balaban J connectivity index is 3.98. The minimum atomic E-state index is 0.311. The zero-order valence-electron chi connectivity index (χ0n) is 12.0. The molecule has 0 saturated heterocycles. The first-order valence-electron chi connectivity index (χ1n) is 6.32. The monoisotopic (exact) mass is 230 g/mol. The van der Waals surface area contributed by atoms with E-state index in [1.54, 1.807) is 7.11 Å². The Bertz CT molecular complexity index is 166. The third-order valence-corrected chi connectivity index (χ3v) is 2.88. The first-order valence-corrected chi connectivity index (χ1v) is 6.32. The lowest BCUT2D eigenvalue weighted by Crippen LogP contribution is -2.47. The fraction of sp³-hybridized carbons (Fsp3) is 1.00. The van der Waals surface area contributed by atoms with Gasteiger partial charge in [-0.25, -0.2) is 0 Å². The number of nitrogens with zero attached hydrogens (tertiary/aromatic N) is 1. The third-order valence-electron chi connectivity index (χ3n) is 2.88. The molecule has 0 spiro atoms. The van der Waals surface area contributed by atoms with Gasteiger partial charge in [-0.05, 0) is 25.4 Å². The second-order valence-corrected chi connectivity index (χ2v) is 5.58. The summed E-state index contributed by atoms with van der Waals surface area (Å²) in [5.74, 6) is 0. The molecule has 0 aromatic heterocycles. The largest absolute Gasteiger partial charge is 0.385 e.